The SMILES string of the molecule is COc1ccc(C2(C(=O)O)CCC(c3ccccc3C(=O)NOCc3ccccc3)CC2)cc1. The zero-order valence-electron chi connectivity index (χ0n) is 19.2. The van der Waals surface area contributed by atoms with E-state index in [1.165, 1.54) is 0 Å². The van der Waals surface area contributed by atoms with Gasteiger partial charge in [-0.15, -0.1) is 0 Å². The Balaban J connectivity index is 1.45. The molecule has 0 unspecified atom stereocenters. The topological polar surface area (TPSA) is 84.9 Å². The van der Waals surface area contributed by atoms with E-state index in [1.54, 1.807) is 25.3 Å². The van der Waals surface area contributed by atoms with Crippen LogP contribution in [0.1, 0.15) is 58.6 Å². The standard InChI is InChI=1S/C28H29NO5/c1-33-23-13-11-22(12-14-23)28(27(31)32)17-15-21(16-18-28)24-9-5-6-10-25(24)26(30)29-34-19-20-7-3-2-4-8-20/h2-14,21H,15-19H2,1H3,(H,29,30)(H,31,32). The number of carbonyl (C=O) groups excluding carboxylic acids is 1. The quantitative estimate of drug-likeness (QED) is 0.450. The number of nitrogens with one attached hydrogen (secondary N) is 1. The van der Waals surface area contributed by atoms with E-state index in [0.29, 0.717) is 37.0 Å². The zero-order chi connectivity index (χ0) is 24.0. The van der Waals surface area contributed by atoms with Crippen molar-refractivity contribution in [1.82, 2.24) is 5.48 Å². The second kappa shape index (κ2) is 10.5. The Hall–Kier alpha value is -3.64. The van der Waals surface area contributed by atoms with Crippen LogP contribution in [-0.4, -0.2) is 24.1 Å². The first kappa shape index (κ1) is 23.5. The molecule has 6 nitrogen and oxygen atoms in total. The summed E-state index contributed by atoms with van der Waals surface area (Å²) in [5.41, 5.74) is 4.87. The van der Waals surface area contributed by atoms with Crippen molar-refractivity contribution in [2.24, 2.45) is 0 Å². The van der Waals surface area contributed by atoms with E-state index in [-0.39, 0.29) is 18.4 Å². The molecule has 0 heterocycles. The second-order valence-electron chi connectivity index (χ2n) is 8.68. The summed E-state index contributed by atoms with van der Waals surface area (Å²) in [6.45, 7) is 0.279. The Morgan fingerprint density at radius 2 is 1.59 bits per heavy atom. The molecular weight excluding hydrogens is 430 g/mol. The van der Waals surface area contributed by atoms with Gasteiger partial charge in [-0.05, 0) is 66.5 Å². The molecule has 1 amide bonds. The van der Waals surface area contributed by atoms with Crippen LogP contribution in [0.5, 0.6) is 5.75 Å². The molecule has 1 aliphatic carbocycles. The fourth-order valence-electron chi connectivity index (χ4n) is 4.83. The lowest BCUT2D eigenvalue weighted by molar-refractivity contribution is -0.145. The Morgan fingerprint density at radius 3 is 2.24 bits per heavy atom. The van der Waals surface area contributed by atoms with Crippen LogP contribution in [0.3, 0.4) is 0 Å². The molecule has 0 aromatic heterocycles. The molecule has 1 saturated carbocycles. The van der Waals surface area contributed by atoms with E-state index in [4.69, 9.17) is 9.57 Å². The van der Waals surface area contributed by atoms with E-state index in [0.717, 1.165) is 16.7 Å². The monoisotopic (exact) mass is 459 g/mol. The third-order valence-corrected chi connectivity index (χ3v) is 6.78. The van der Waals surface area contributed by atoms with Crippen LogP contribution in [-0.2, 0) is 21.7 Å². The van der Waals surface area contributed by atoms with Gasteiger partial charge in [-0.25, -0.2) is 5.48 Å². The van der Waals surface area contributed by atoms with Crippen LogP contribution < -0.4 is 10.2 Å². The number of hydrogen-bond acceptors (Lipinski definition) is 4. The van der Waals surface area contributed by atoms with Gasteiger partial charge in [0.05, 0.1) is 19.1 Å². The molecule has 0 radical (unpaired) electrons. The average Bonchev–Trinajstić information content (AvgIpc) is 2.89. The van der Waals surface area contributed by atoms with Gasteiger partial charge in [0.2, 0.25) is 0 Å². The smallest absolute Gasteiger partial charge is 0.314 e. The molecule has 1 fully saturated rings. The van der Waals surface area contributed by atoms with E-state index in [9.17, 15) is 14.7 Å². The number of methoxy groups -OCH3 is 1. The maximum absolute atomic E-state index is 12.9. The second-order valence-corrected chi connectivity index (χ2v) is 8.68. The van der Waals surface area contributed by atoms with Gasteiger partial charge in [-0.2, -0.15) is 0 Å². The first-order valence-corrected chi connectivity index (χ1v) is 11.5. The van der Waals surface area contributed by atoms with Crippen molar-refractivity contribution in [2.45, 2.75) is 43.6 Å². The Labute approximate surface area is 199 Å². The van der Waals surface area contributed by atoms with Gasteiger partial charge in [-0.3, -0.25) is 14.4 Å². The third kappa shape index (κ3) is 4.97. The number of ether oxygens (including phenoxy) is 1. The lowest BCUT2D eigenvalue weighted by atomic mass is 9.65. The molecule has 1 aliphatic rings. The van der Waals surface area contributed by atoms with Crippen molar-refractivity contribution >= 4 is 11.9 Å². The van der Waals surface area contributed by atoms with Crippen molar-refractivity contribution in [3.05, 3.63) is 101 Å². The van der Waals surface area contributed by atoms with Crippen molar-refractivity contribution in [3.8, 4) is 5.75 Å². The van der Waals surface area contributed by atoms with Gasteiger partial charge in [0, 0.05) is 5.56 Å². The summed E-state index contributed by atoms with van der Waals surface area (Å²) >= 11 is 0. The molecule has 3 aromatic rings. The minimum Gasteiger partial charge on any atom is -0.497 e. The summed E-state index contributed by atoms with van der Waals surface area (Å²) in [4.78, 5) is 30.7. The molecule has 6 heteroatoms. The van der Waals surface area contributed by atoms with E-state index < -0.39 is 11.4 Å². The van der Waals surface area contributed by atoms with Gasteiger partial charge in [0.25, 0.3) is 5.91 Å². The van der Waals surface area contributed by atoms with Crippen LogP contribution in [0, 0.1) is 0 Å². The lowest BCUT2D eigenvalue weighted by Gasteiger charge is -2.38. The molecule has 4 rings (SSSR count). The Bertz CT molecular complexity index is 1120. The normalized spacial score (nSPS) is 19.9. The number of hydrogen-bond donors (Lipinski definition) is 2. The molecule has 0 saturated heterocycles. The van der Waals surface area contributed by atoms with Crippen molar-refractivity contribution in [2.75, 3.05) is 7.11 Å². The Morgan fingerprint density at radius 1 is 0.941 bits per heavy atom. The summed E-state index contributed by atoms with van der Waals surface area (Å²) in [5.74, 6) is -0.303. The van der Waals surface area contributed by atoms with Crippen molar-refractivity contribution in [3.63, 3.8) is 0 Å². The highest BCUT2D eigenvalue weighted by Crippen LogP contribution is 2.46. The van der Waals surface area contributed by atoms with Crippen molar-refractivity contribution < 1.29 is 24.3 Å². The van der Waals surface area contributed by atoms with Gasteiger partial charge < -0.3 is 9.84 Å². The number of carboxylic acids is 1. The summed E-state index contributed by atoms with van der Waals surface area (Å²) < 4.78 is 5.22. The summed E-state index contributed by atoms with van der Waals surface area (Å²) in [5, 5.41) is 10.1. The lowest BCUT2D eigenvalue weighted by Crippen LogP contribution is -2.39. The molecule has 34 heavy (non-hydrogen) atoms. The number of benzene rings is 3. The first-order chi connectivity index (χ1) is 16.5. The molecule has 176 valence electrons. The van der Waals surface area contributed by atoms with E-state index in [1.807, 2.05) is 60.7 Å². The molecule has 2 N–H and O–H groups in total. The average molecular weight is 460 g/mol. The molecule has 0 atom stereocenters. The number of amides is 1. The zero-order valence-corrected chi connectivity index (χ0v) is 19.2. The maximum atomic E-state index is 12.9. The Kier molecular flexibility index (Phi) is 7.28. The molecule has 3 aromatic carbocycles. The van der Waals surface area contributed by atoms with Crippen LogP contribution in [0.4, 0.5) is 0 Å². The van der Waals surface area contributed by atoms with Crippen LogP contribution >= 0.6 is 0 Å². The minimum atomic E-state index is -0.932. The highest BCUT2D eigenvalue weighted by Gasteiger charge is 2.44. The molecular formula is C28H29NO5. The van der Waals surface area contributed by atoms with Gasteiger partial charge in [0.15, 0.2) is 0 Å². The fraction of sp³-hybridized carbons (Fsp3) is 0.286. The minimum absolute atomic E-state index is 0.0989. The van der Waals surface area contributed by atoms with Gasteiger partial charge in [-0.1, -0.05) is 60.7 Å². The maximum Gasteiger partial charge on any atom is 0.314 e. The van der Waals surface area contributed by atoms with Crippen LogP contribution in [0.2, 0.25) is 0 Å². The number of carbonyl (C=O) groups is 2. The summed E-state index contributed by atoms with van der Waals surface area (Å²) in [6, 6.07) is 24.4. The molecule has 0 aliphatic heterocycles. The number of carboxylic acid groups (broad SMARTS) is 1. The summed E-state index contributed by atoms with van der Waals surface area (Å²) in [7, 11) is 1.59. The van der Waals surface area contributed by atoms with Gasteiger partial charge >= 0.3 is 5.97 Å². The predicted molar refractivity (Wildman–Crippen MR) is 129 cm³/mol. The van der Waals surface area contributed by atoms with Gasteiger partial charge in [0.1, 0.15) is 5.75 Å². The molecule has 0 bridgehead atoms. The highest BCUT2D eigenvalue weighted by atomic mass is 16.6. The van der Waals surface area contributed by atoms with Crippen molar-refractivity contribution in [1.29, 1.82) is 0 Å². The van der Waals surface area contributed by atoms with E-state index >= 15 is 0 Å². The summed E-state index contributed by atoms with van der Waals surface area (Å²) in [6.07, 6.45) is 2.35. The van der Waals surface area contributed by atoms with Crippen LogP contribution in [0.25, 0.3) is 0 Å². The number of rotatable bonds is 8. The van der Waals surface area contributed by atoms with Crippen LogP contribution in [0.15, 0.2) is 78.9 Å². The number of aliphatic carboxylic acids is 1. The fourth-order valence-corrected chi connectivity index (χ4v) is 4.83. The first-order valence-electron chi connectivity index (χ1n) is 11.5. The third-order valence-electron chi connectivity index (χ3n) is 6.78. The predicted octanol–water partition coefficient (Wildman–Crippen LogP) is 5.24. The largest absolute Gasteiger partial charge is 0.497 e. The highest BCUT2D eigenvalue weighted by molar-refractivity contribution is 5.95. The van der Waals surface area contributed by atoms with E-state index in [2.05, 4.69) is 5.48 Å². The molecule has 0 spiro atoms. The number of hydroxylamine groups is 1.